The van der Waals surface area contributed by atoms with Gasteiger partial charge in [0.1, 0.15) is 6.10 Å². The molecule has 5 aliphatic rings. The molecule has 9 nitrogen and oxygen atoms in total. The topological polar surface area (TPSA) is 122 Å². The van der Waals surface area contributed by atoms with E-state index in [1.54, 1.807) is 13.8 Å². The monoisotopic (exact) mass is 812 g/mol. The van der Waals surface area contributed by atoms with E-state index in [0.717, 1.165) is 83.0 Å². The maximum Gasteiger partial charge on any atom is 0.309 e. The molecule has 4 saturated carbocycles. The number of hydrogen-bond donors (Lipinski definition) is 2. The molecule has 1 heterocycles. The number of aliphatic hydroxyl groups excluding tert-OH is 1. The van der Waals surface area contributed by atoms with E-state index in [4.69, 9.17) is 4.74 Å². The van der Waals surface area contributed by atoms with Crippen molar-refractivity contribution in [2.24, 2.45) is 56.2 Å². The highest BCUT2D eigenvalue weighted by Crippen LogP contribution is 2.77. The van der Waals surface area contributed by atoms with Gasteiger partial charge in [-0.1, -0.05) is 84.4 Å². The number of aromatic nitrogens is 2. The van der Waals surface area contributed by atoms with E-state index in [2.05, 4.69) is 87.2 Å². The highest BCUT2D eigenvalue weighted by Gasteiger charge is 2.71. The third kappa shape index (κ3) is 7.46. The minimum atomic E-state index is -1.17. The van der Waals surface area contributed by atoms with Gasteiger partial charge in [-0.15, -0.1) is 0 Å². The van der Waals surface area contributed by atoms with Crippen molar-refractivity contribution in [2.45, 2.75) is 158 Å². The van der Waals surface area contributed by atoms with Gasteiger partial charge in [-0.2, -0.15) is 0 Å². The summed E-state index contributed by atoms with van der Waals surface area (Å²) in [4.78, 5) is 46.0. The van der Waals surface area contributed by atoms with Gasteiger partial charge >= 0.3 is 11.9 Å². The second-order valence-corrected chi connectivity index (χ2v) is 21.9. The van der Waals surface area contributed by atoms with Crippen molar-refractivity contribution < 1.29 is 29.3 Å². The van der Waals surface area contributed by atoms with E-state index in [0.29, 0.717) is 24.8 Å². The van der Waals surface area contributed by atoms with E-state index >= 15 is 0 Å². The minimum absolute atomic E-state index is 0.0302. The van der Waals surface area contributed by atoms with E-state index in [1.165, 1.54) is 11.1 Å². The number of Topliss-reactive ketones (excluding diaryl/α,β-unsaturated/α-hetero) is 1. The van der Waals surface area contributed by atoms with Gasteiger partial charge in [-0.3, -0.25) is 19.3 Å². The summed E-state index contributed by atoms with van der Waals surface area (Å²) < 4.78 is 8.32. The van der Waals surface area contributed by atoms with Crippen LogP contribution in [0.3, 0.4) is 0 Å². The molecule has 0 radical (unpaired) electrons. The fourth-order valence-electron chi connectivity index (χ4n) is 14.3. The number of ketones is 1. The first-order valence-electron chi connectivity index (χ1n) is 22.8. The predicted octanol–water partition coefficient (Wildman–Crippen LogP) is 9.53. The second kappa shape index (κ2) is 15.9. The molecule has 0 bridgehead atoms. The Morgan fingerprint density at radius 3 is 2.36 bits per heavy atom. The summed E-state index contributed by atoms with van der Waals surface area (Å²) in [6.07, 6.45) is 13.8. The molecule has 9 heteroatoms. The van der Waals surface area contributed by atoms with Crippen LogP contribution in [0.1, 0.15) is 139 Å². The van der Waals surface area contributed by atoms with Gasteiger partial charge in [0.05, 0.1) is 24.3 Å². The number of fused-ring (bicyclic) bond motifs is 7. The molecule has 2 N–H and O–H groups in total. The molecular formula is C50H73N3O6. The fourth-order valence-corrected chi connectivity index (χ4v) is 14.3. The van der Waals surface area contributed by atoms with Gasteiger partial charge in [-0.05, 0) is 123 Å². The van der Waals surface area contributed by atoms with Gasteiger partial charge in [0.15, 0.2) is 5.78 Å². The zero-order valence-electron chi connectivity index (χ0n) is 37.6. The molecule has 0 spiro atoms. The zero-order valence-corrected chi connectivity index (χ0v) is 37.6. The van der Waals surface area contributed by atoms with Crippen molar-refractivity contribution in [2.75, 3.05) is 13.1 Å². The molecule has 7 rings (SSSR count). The van der Waals surface area contributed by atoms with Gasteiger partial charge in [-0.25, -0.2) is 4.98 Å². The lowest BCUT2D eigenvalue weighted by Gasteiger charge is -2.72. The third-order valence-electron chi connectivity index (χ3n) is 17.6. The number of ether oxygens (including phenoxy) is 1. The average Bonchev–Trinajstić information content (AvgIpc) is 3.79. The molecule has 2 unspecified atom stereocenters. The molecule has 0 saturated heterocycles. The Hall–Kier alpha value is -3.30. The summed E-state index contributed by atoms with van der Waals surface area (Å²) in [5.41, 5.74) is 1.63. The zero-order chi connectivity index (χ0) is 42.8. The summed E-state index contributed by atoms with van der Waals surface area (Å²) in [6.45, 7) is 22.7. The normalized spacial score (nSPS) is 34.5. The predicted molar refractivity (Wildman–Crippen MR) is 230 cm³/mol. The Kier molecular flexibility index (Phi) is 11.8. The highest BCUT2D eigenvalue weighted by atomic mass is 16.5. The summed E-state index contributed by atoms with van der Waals surface area (Å²) in [5, 5.41) is 22.4. The van der Waals surface area contributed by atoms with Crippen molar-refractivity contribution >= 4 is 17.7 Å². The number of allylic oxidation sites excluding steroid dienone is 1. The summed E-state index contributed by atoms with van der Waals surface area (Å²) in [7, 11) is 0. The molecule has 4 fully saturated rings. The minimum Gasteiger partial charge on any atom is -0.481 e. The number of benzene rings is 1. The number of rotatable bonds is 14. The van der Waals surface area contributed by atoms with Crippen molar-refractivity contribution in [3.63, 3.8) is 0 Å². The summed E-state index contributed by atoms with van der Waals surface area (Å²) in [6, 6.07) is 10.5. The number of aliphatic hydroxyl groups is 1. The first kappa shape index (κ1) is 43.8. The number of imidazole rings is 1. The Bertz CT molecular complexity index is 1900. The number of carbonyl (C=O) groups is 3. The van der Waals surface area contributed by atoms with Gasteiger partial charge in [0.2, 0.25) is 0 Å². The molecule has 0 amide bonds. The second-order valence-electron chi connectivity index (χ2n) is 21.9. The number of carboxylic acid groups (broad SMARTS) is 1. The van der Waals surface area contributed by atoms with Gasteiger partial charge in [0.25, 0.3) is 0 Å². The molecule has 0 aliphatic heterocycles. The Balaban J connectivity index is 1.15. The summed E-state index contributed by atoms with van der Waals surface area (Å²) >= 11 is 0. The number of carboxylic acids is 1. The Labute approximate surface area is 353 Å². The van der Waals surface area contributed by atoms with E-state index in [-0.39, 0.29) is 51.8 Å². The van der Waals surface area contributed by atoms with E-state index < -0.39 is 28.9 Å². The maximum atomic E-state index is 14.4. The highest BCUT2D eigenvalue weighted by molar-refractivity contribution is 6.00. The van der Waals surface area contributed by atoms with Crippen LogP contribution in [0.2, 0.25) is 0 Å². The lowest BCUT2D eigenvalue weighted by molar-refractivity contribution is -0.235. The van der Waals surface area contributed by atoms with Crippen LogP contribution in [0.25, 0.3) is 0 Å². The third-order valence-corrected chi connectivity index (χ3v) is 17.6. The van der Waals surface area contributed by atoms with Crippen LogP contribution in [0, 0.1) is 56.2 Å². The smallest absolute Gasteiger partial charge is 0.309 e. The standard InChI is InChI=1S/C50H73N3O6/c1-33(2)42-36(54)28-50(39(55)31-53(30-34-14-11-10-12-15-34)26-13-25-52-27-24-51-32-52)23-22-48(8)35(43(42)50)16-17-38-47(7)20-19-40(59-41(56)29-45(3,4)44(57)58)46(5,6)37(47)18-21-49(38,48)9/h10-12,14-15,24,27,32-33,35,37-40,55H,13,16-23,25-26,28-31H2,1-9H3,(H,57,58)/t35-,37+,38-,39?,40+,47+,48-,49-,50?/m1/s1. The fraction of sp³-hybridized carbons (Fsp3) is 0.720. The summed E-state index contributed by atoms with van der Waals surface area (Å²) in [5.74, 6) is 0.0174. The van der Waals surface area contributed by atoms with Crippen LogP contribution in [0.5, 0.6) is 0 Å². The van der Waals surface area contributed by atoms with Gasteiger partial charge in [0, 0.05) is 55.8 Å². The van der Waals surface area contributed by atoms with Crippen molar-refractivity contribution in [1.82, 2.24) is 14.5 Å². The molecule has 2 aromatic rings. The number of carbonyl (C=O) groups excluding carboxylic acids is 2. The maximum absolute atomic E-state index is 14.4. The average molecular weight is 812 g/mol. The van der Waals surface area contributed by atoms with Crippen LogP contribution < -0.4 is 0 Å². The number of hydrogen-bond acceptors (Lipinski definition) is 7. The van der Waals surface area contributed by atoms with Crippen molar-refractivity contribution in [3.05, 3.63) is 65.8 Å². The molecular weight excluding hydrogens is 739 g/mol. The van der Waals surface area contributed by atoms with Crippen LogP contribution >= 0.6 is 0 Å². The first-order valence-corrected chi connectivity index (χ1v) is 22.8. The van der Waals surface area contributed by atoms with E-state index in [1.807, 2.05) is 24.8 Å². The Morgan fingerprint density at radius 1 is 0.966 bits per heavy atom. The Morgan fingerprint density at radius 2 is 1.69 bits per heavy atom. The van der Waals surface area contributed by atoms with Gasteiger partial charge < -0.3 is 19.5 Å². The number of esters is 1. The first-order chi connectivity index (χ1) is 27.7. The van der Waals surface area contributed by atoms with E-state index in [9.17, 15) is 24.6 Å². The van der Waals surface area contributed by atoms with Crippen molar-refractivity contribution in [3.8, 4) is 0 Å². The molecule has 1 aromatic heterocycles. The number of nitrogens with zero attached hydrogens (tertiary/aromatic N) is 3. The number of aryl methyl sites for hydroxylation is 1. The molecule has 9 atom stereocenters. The quantitative estimate of drug-likeness (QED) is 0.181. The van der Waals surface area contributed by atoms with Crippen LogP contribution in [0.15, 0.2) is 60.2 Å². The molecule has 59 heavy (non-hydrogen) atoms. The van der Waals surface area contributed by atoms with Crippen LogP contribution in [0.4, 0.5) is 0 Å². The molecule has 5 aliphatic carbocycles. The number of aliphatic carboxylic acids is 1. The molecule has 324 valence electrons. The lowest BCUT2D eigenvalue weighted by Crippen LogP contribution is -2.66. The largest absolute Gasteiger partial charge is 0.481 e. The van der Waals surface area contributed by atoms with Crippen molar-refractivity contribution in [1.29, 1.82) is 0 Å². The SMILES string of the molecule is CC(C)C1=C2[C@H]3CC[C@@H]4[C@@]5(C)CC[C@H](OC(=O)CC(C)(C)C(=O)O)C(C)(C)[C@@H]5CC[C@@]4(C)[C@]3(C)CCC2(C(O)CN(CCCn2ccnc2)Cc2ccccc2)CC1=O. The van der Waals surface area contributed by atoms with Crippen LogP contribution in [-0.4, -0.2) is 67.7 Å². The van der Waals surface area contributed by atoms with Crippen LogP contribution in [-0.2, 0) is 32.2 Å². The molecule has 1 aromatic carbocycles. The lowest BCUT2D eigenvalue weighted by atomic mass is 9.33.